The number of nitrogens with zero attached hydrogens (tertiary/aromatic N) is 2. The highest BCUT2D eigenvalue weighted by molar-refractivity contribution is 9.10. The molecule has 2 N–H and O–H groups in total. The normalized spacial score (nSPS) is 17.9. The first-order chi connectivity index (χ1) is 10.1. The van der Waals surface area contributed by atoms with Gasteiger partial charge in [0, 0.05) is 16.6 Å². The summed E-state index contributed by atoms with van der Waals surface area (Å²) in [5.41, 5.74) is 6.50. The van der Waals surface area contributed by atoms with Gasteiger partial charge in [-0.15, -0.1) is 0 Å². The molecule has 4 nitrogen and oxygen atoms in total. The summed E-state index contributed by atoms with van der Waals surface area (Å²) < 4.78 is 19.3. The van der Waals surface area contributed by atoms with E-state index < -0.39 is 0 Å². The molecule has 0 radical (unpaired) electrons. The number of rotatable bonds is 3. The topological polar surface area (TPSA) is 64.9 Å². The lowest BCUT2D eigenvalue weighted by Crippen LogP contribution is -2.37. The molecular weight excluding hydrogens is 337 g/mol. The van der Waals surface area contributed by atoms with E-state index in [1.54, 1.807) is 6.07 Å². The third-order valence-corrected chi connectivity index (χ3v) is 4.91. The molecule has 0 unspecified atom stereocenters. The smallest absolute Gasteiger partial charge is 0.234 e. The zero-order valence-corrected chi connectivity index (χ0v) is 13.2. The van der Waals surface area contributed by atoms with Crippen LogP contribution < -0.4 is 5.73 Å². The van der Waals surface area contributed by atoms with E-state index in [2.05, 4.69) is 26.1 Å². The predicted molar refractivity (Wildman–Crippen MR) is 81.2 cm³/mol. The first kappa shape index (κ1) is 14.7. The van der Waals surface area contributed by atoms with E-state index >= 15 is 0 Å². The lowest BCUT2D eigenvalue weighted by Gasteiger charge is -2.32. The van der Waals surface area contributed by atoms with Crippen molar-refractivity contribution in [1.29, 1.82) is 0 Å². The Morgan fingerprint density at radius 3 is 2.71 bits per heavy atom. The summed E-state index contributed by atoms with van der Waals surface area (Å²) in [7, 11) is 0. The molecule has 0 aliphatic heterocycles. The van der Waals surface area contributed by atoms with Gasteiger partial charge in [-0.25, -0.2) is 4.39 Å². The second kappa shape index (κ2) is 5.85. The van der Waals surface area contributed by atoms with Crippen LogP contribution in [-0.2, 0) is 5.41 Å². The summed E-state index contributed by atoms with van der Waals surface area (Å²) in [6, 6.07) is 4.42. The van der Waals surface area contributed by atoms with Gasteiger partial charge in [-0.1, -0.05) is 24.4 Å². The molecule has 6 heteroatoms. The fourth-order valence-electron chi connectivity index (χ4n) is 2.95. The molecule has 0 atom stereocenters. The molecule has 112 valence electrons. The van der Waals surface area contributed by atoms with E-state index in [9.17, 15) is 4.39 Å². The zero-order chi connectivity index (χ0) is 14.9. The van der Waals surface area contributed by atoms with Crippen LogP contribution in [-0.4, -0.2) is 16.7 Å². The molecule has 1 aromatic heterocycles. The zero-order valence-electron chi connectivity index (χ0n) is 11.6. The number of nitrogens with two attached hydrogens (primary N) is 1. The van der Waals surface area contributed by atoms with E-state index in [0.717, 1.165) is 31.2 Å². The SMILES string of the molecule is NCC1(c2nc(-c3ccc(F)cc3Br)no2)CCCCC1. The minimum Gasteiger partial charge on any atom is -0.338 e. The summed E-state index contributed by atoms with van der Waals surface area (Å²) in [6.45, 7) is 0.513. The molecule has 1 aliphatic rings. The van der Waals surface area contributed by atoms with E-state index in [1.807, 2.05) is 0 Å². The van der Waals surface area contributed by atoms with Crippen molar-refractivity contribution in [3.8, 4) is 11.4 Å². The second-order valence-corrected chi connectivity index (χ2v) is 6.45. The molecule has 0 saturated heterocycles. The standard InChI is InChI=1S/C15H17BrFN3O/c16-12-8-10(17)4-5-11(12)13-19-14(21-20-13)15(9-18)6-2-1-3-7-15/h4-5,8H,1-3,6-7,9,18H2. The lowest BCUT2D eigenvalue weighted by molar-refractivity contribution is 0.220. The summed E-state index contributed by atoms with van der Waals surface area (Å²) in [6.07, 6.45) is 5.46. The first-order valence-corrected chi connectivity index (χ1v) is 7.94. The third kappa shape index (κ3) is 2.74. The molecule has 21 heavy (non-hydrogen) atoms. The van der Waals surface area contributed by atoms with Gasteiger partial charge in [-0.2, -0.15) is 4.98 Å². The molecule has 0 amide bonds. The maximum absolute atomic E-state index is 13.2. The van der Waals surface area contributed by atoms with Gasteiger partial charge in [0.1, 0.15) is 5.82 Å². The Morgan fingerprint density at radius 2 is 2.05 bits per heavy atom. The first-order valence-electron chi connectivity index (χ1n) is 7.14. The van der Waals surface area contributed by atoms with Crippen LogP contribution >= 0.6 is 15.9 Å². The minimum atomic E-state index is -0.306. The van der Waals surface area contributed by atoms with Crippen molar-refractivity contribution < 1.29 is 8.91 Å². The van der Waals surface area contributed by atoms with Crippen molar-refractivity contribution in [2.75, 3.05) is 6.54 Å². The Hall–Kier alpha value is -1.27. The fourth-order valence-corrected chi connectivity index (χ4v) is 3.48. The Balaban J connectivity index is 1.95. The summed E-state index contributed by atoms with van der Waals surface area (Å²) in [4.78, 5) is 4.53. The van der Waals surface area contributed by atoms with Crippen molar-refractivity contribution >= 4 is 15.9 Å². The highest BCUT2D eigenvalue weighted by Crippen LogP contribution is 2.38. The Morgan fingerprint density at radius 1 is 1.29 bits per heavy atom. The molecule has 3 rings (SSSR count). The maximum atomic E-state index is 13.2. The van der Waals surface area contributed by atoms with Crippen LogP contribution in [0, 0.1) is 5.82 Å². The lowest BCUT2D eigenvalue weighted by atomic mass is 9.74. The van der Waals surface area contributed by atoms with Gasteiger partial charge in [0.05, 0.1) is 5.41 Å². The van der Waals surface area contributed by atoms with Crippen LogP contribution in [0.1, 0.15) is 38.0 Å². The highest BCUT2D eigenvalue weighted by Gasteiger charge is 2.38. The Bertz CT molecular complexity index is 638. The average molecular weight is 354 g/mol. The van der Waals surface area contributed by atoms with Crippen molar-refractivity contribution in [3.05, 3.63) is 34.4 Å². The van der Waals surface area contributed by atoms with Crippen molar-refractivity contribution in [3.63, 3.8) is 0 Å². The van der Waals surface area contributed by atoms with Gasteiger partial charge in [-0.05, 0) is 47.0 Å². The van der Waals surface area contributed by atoms with Gasteiger partial charge in [0.2, 0.25) is 11.7 Å². The van der Waals surface area contributed by atoms with Crippen molar-refractivity contribution in [1.82, 2.24) is 10.1 Å². The molecule has 1 aromatic carbocycles. The number of hydrogen-bond donors (Lipinski definition) is 1. The van der Waals surface area contributed by atoms with Crippen LogP contribution in [0.2, 0.25) is 0 Å². The van der Waals surface area contributed by atoms with Crippen LogP contribution in [0.3, 0.4) is 0 Å². The predicted octanol–water partition coefficient (Wildman–Crippen LogP) is 3.80. The minimum absolute atomic E-state index is 0.198. The van der Waals surface area contributed by atoms with Crippen molar-refractivity contribution in [2.45, 2.75) is 37.5 Å². The Kier molecular flexibility index (Phi) is 4.08. The van der Waals surface area contributed by atoms with E-state index in [1.165, 1.54) is 18.6 Å². The van der Waals surface area contributed by atoms with Crippen LogP contribution in [0.15, 0.2) is 27.2 Å². The largest absolute Gasteiger partial charge is 0.338 e. The van der Waals surface area contributed by atoms with Crippen LogP contribution in [0.5, 0.6) is 0 Å². The summed E-state index contributed by atoms with van der Waals surface area (Å²) >= 11 is 3.33. The third-order valence-electron chi connectivity index (χ3n) is 4.25. The average Bonchev–Trinajstić information content (AvgIpc) is 2.98. The monoisotopic (exact) mass is 353 g/mol. The van der Waals surface area contributed by atoms with Gasteiger partial charge in [0.15, 0.2) is 0 Å². The van der Waals surface area contributed by atoms with E-state index in [0.29, 0.717) is 22.7 Å². The fraction of sp³-hybridized carbons (Fsp3) is 0.467. The molecule has 0 spiro atoms. The van der Waals surface area contributed by atoms with Gasteiger partial charge >= 0.3 is 0 Å². The number of hydrogen-bond acceptors (Lipinski definition) is 4. The summed E-state index contributed by atoms with van der Waals surface area (Å²) in [5.74, 6) is 0.770. The second-order valence-electron chi connectivity index (χ2n) is 5.59. The van der Waals surface area contributed by atoms with E-state index in [-0.39, 0.29) is 11.2 Å². The van der Waals surface area contributed by atoms with Gasteiger partial charge in [-0.3, -0.25) is 0 Å². The van der Waals surface area contributed by atoms with E-state index in [4.69, 9.17) is 10.3 Å². The molecule has 1 saturated carbocycles. The number of halogens is 2. The van der Waals surface area contributed by atoms with Crippen LogP contribution in [0.4, 0.5) is 4.39 Å². The molecule has 1 fully saturated rings. The Labute approximate surface area is 131 Å². The molecule has 1 aliphatic carbocycles. The van der Waals surface area contributed by atoms with Gasteiger partial charge < -0.3 is 10.3 Å². The highest BCUT2D eigenvalue weighted by atomic mass is 79.9. The summed E-state index contributed by atoms with van der Waals surface area (Å²) in [5, 5.41) is 4.05. The van der Waals surface area contributed by atoms with Gasteiger partial charge in [0.25, 0.3) is 0 Å². The molecule has 0 bridgehead atoms. The van der Waals surface area contributed by atoms with Crippen LogP contribution in [0.25, 0.3) is 11.4 Å². The quantitative estimate of drug-likeness (QED) is 0.911. The molecule has 2 aromatic rings. The maximum Gasteiger partial charge on any atom is 0.234 e. The van der Waals surface area contributed by atoms with Crippen molar-refractivity contribution in [2.24, 2.45) is 5.73 Å². The number of aromatic nitrogens is 2. The number of benzene rings is 1. The molecular formula is C15H17BrFN3O. The molecule has 1 heterocycles.